The van der Waals surface area contributed by atoms with E-state index < -0.39 is 15.8 Å². The number of halogens is 1. The second-order valence-corrected chi connectivity index (χ2v) is 9.69. The summed E-state index contributed by atoms with van der Waals surface area (Å²) in [7, 11) is -3.83. The third-order valence-corrected chi connectivity index (χ3v) is 7.12. The molecule has 0 saturated carbocycles. The Kier molecular flexibility index (Phi) is 7.05. The van der Waals surface area contributed by atoms with Crippen LogP contribution in [0.25, 0.3) is 0 Å². The van der Waals surface area contributed by atoms with Crippen LogP contribution in [-0.4, -0.2) is 56.8 Å². The molecule has 1 aliphatic heterocycles. The van der Waals surface area contributed by atoms with Crippen LogP contribution in [0.1, 0.15) is 15.9 Å². The molecule has 0 aliphatic carbocycles. The Morgan fingerprint density at radius 2 is 1.48 bits per heavy atom. The summed E-state index contributed by atoms with van der Waals surface area (Å²) < 4.78 is 40.4. The fourth-order valence-corrected chi connectivity index (χ4v) is 4.86. The Morgan fingerprint density at radius 1 is 0.848 bits per heavy atom. The topological polar surface area (TPSA) is 69.7 Å². The summed E-state index contributed by atoms with van der Waals surface area (Å²) in [6.45, 7) is 3.94. The van der Waals surface area contributed by atoms with Gasteiger partial charge in [0.1, 0.15) is 5.82 Å². The number of hydrogen-bond acceptors (Lipinski definition) is 4. The standard InChI is InChI=1S/C25H26FN3O3S/c26-22-8-12-24(13-9-22)33(31,32)27-23-10-6-21(7-11-23)25(30)29-18-16-28(17-19-29)15-14-20-4-2-1-3-5-20/h1-13,27H,14-19H2. The number of amides is 1. The molecule has 0 aromatic heterocycles. The summed E-state index contributed by atoms with van der Waals surface area (Å²) in [6.07, 6.45) is 0.990. The number of benzene rings is 3. The van der Waals surface area contributed by atoms with Crippen molar-refractivity contribution in [1.29, 1.82) is 0 Å². The highest BCUT2D eigenvalue weighted by atomic mass is 32.2. The van der Waals surface area contributed by atoms with E-state index in [-0.39, 0.29) is 10.8 Å². The summed E-state index contributed by atoms with van der Waals surface area (Å²) in [5, 5.41) is 0. The lowest BCUT2D eigenvalue weighted by molar-refractivity contribution is 0.0638. The molecule has 1 aliphatic rings. The molecule has 8 heteroatoms. The first-order chi connectivity index (χ1) is 15.9. The van der Waals surface area contributed by atoms with Crippen molar-refractivity contribution >= 4 is 21.6 Å². The van der Waals surface area contributed by atoms with Crippen molar-refractivity contribution in [1.82, 2.24) is 9.80 Å². The highest BCUT2D eigenvalue weighted by molar-refractivity contribution is 7.92. The van der Waals surface area contributed by atoms with Gasteiger partial charge in [-0.05, 0) is 60.5 Å². The van der Waals surface area contributed by atoms with Gasteiger partial charge in [-0.2, -0.15) is 0 Å². The van der Waals surface area contributed by atoms with Crippen LogP contribution in [0.4, 0.5) is 10.1 Å². The molecule has 33 heavy (non-hydrogen) atoms. The number of nitrogens with zero attached hydrogens (tertiary/aromatic N) is 2. The number of piperazine rings is 1. The fourth-order valence-electron chi connectivity index (χ4n) is 3.80. The lowest BCUT2D eigenvalue weighted by atomic mass is 10.1. The second kappa shape index (κ2) is 10.1. The number of sulfonamides is 1. The van der Waals surface area contributed by atoms with E-state index in [1.54, 1.807) is 24.3 Å². The van der Waals surface area contributed by atoms with Crippen molar-refractivity contribution in [3.8, 4) is 0 Å². The molecule has 1 saturated heterocycles. The van der Waals surface area contributed by atoms with E-state index in [4.69, 9.17) is 0 Å². The number of carbonyl (C=O) groups is 1. The fraction of sp³-hybridized carbons (Fsp3) is 0.240. The Balaban J connectivity index is 1.30. The molecule has 3 aromatic rings. The number of carbonyl (C=O) groups excluding carboxylic acids is 1. The van der Waals surface area contributed by atoms with Gasteiger partial charge in [-0.1, -0.05) is 30.3 Å². The van der Waals surface area contributed by atoms with Crippen LogP contribution in [0.5, 0.6) is 0 Å². The quantitative estimate of drug-likeness (QED) is 0.576. The Bertz CT molecular complexity index is 1180. The molecule has 0 spiro atoms. The van der Waals surface area contributed by atoms with Gasteiger partial charge in [-0.3, -0.25) is 14.4 Å². The molecule has 1 N–H and O–H groups in total. The van der Waals surface area contributed by atoms with Crippen molar-refractivity contribution in [2.75, 3.05) is 37.4 Å². The monoisotopic (exact) mass is 467 g/mol. The molecule has 1 amide bonds. The summed E-state index contributed by atoms with van der Waals surface area (Å²) in [5.41, 5.74) is 2.16. The summed E-state index contributed by atoms with van der Waals surface area (Å²) in [5.74, 6) is -0.570. The van der Waals surface area contributed by atoms with Crippen LogP contribution in [0.2, 0.25) is 0 Å². The Hall–Kier alpha value is -3.23. The van der Waals surface area contributed by atoms with Crippen molar-refractivity contribution in [3.05, 3.63) is 95.8 Å². The van der Waals surface area contributed by atoms with Crippen molar-refractivity contribution in [2.24, 2.45) is 0 Å². The average molecular weight is 468 g/mol. The van der Waals surface area contributed by atoms with Crippen molar-refractivity contribution in [3.63, 3.8) is 0 Å². The lowest BCUT2D eigenvalue weighted by Gasteiger charge is -2.34. The van der Waals surface area contributed by atoms with Gasteiger partial charge in [-0.25, -0.2) is 12.8 Å². The van der Waals surface area contributed by atoms with Crippen LogP contribution in [0.3, 0.4) is 0 Å². The van der Waals surface area contributed by atoms with Crippen molar-refractivity contribution in [2.45, 2.75) is 11.3 Å². The zero-order valence-electron chi connectivity index (χ0n) is 18.2. The minimum absolute atomic E-state index is 0.0332. The van der Waals surface area contributed by atoms with Crippen LogP contribution in [0.15, 0.2) is 83.8 Å². The molecular weight excluding hydrogens is 441 g/mol. The number of nitrogens with one attached hydrogen (secondary N) is 1. The molecule has 0 radical (unpaired) electrons. The first-order valence-corrected chi connectivity index (χ1v) is 12.3. The zero-order chi connectivity index (χ0) is 23.3. The summed E-state index contributed by atoms with van der Waals surface area (Å²) in [4.78, 5) is 17.0. The van der Waals surface area contributed by atoms with Gasteiger partial charge in [0.05, 0.1) is 4.90 Å². The largest absolute Gasteiger partial charge is 0.336 e. The minimum atomic E-state index is -3.83. The number of anilines is 1. The van der Waals surface area contributed by atoms with Gasteiger partial charge in [0.15, 0.2) is 0 Å². The Morgan fingerprint density at radius 3 is 2.12 bits per heavy atom. The van der Waals surface area contributed by atoms with E-state index in [1.165, 1.54) is 17.7 Å². The number of hydrogen-bond donors (Lipinski definition) is 1. The maximum Gasteiger partial charge on any atom is 0.261 e. The predicted octanol–water partition coefficient (Wildman–Crippen LogP) is 3.63. The van der Waals surface area contributed by atoms with Crippen LogP contribution in [0, 0.1) is 5.82 Å². The SMILES string of the molecule is O=C(c1ccc(NS(=O)(=O)c2ccc(F)cc2)cc1)N1CCN(CCc2ccccc2)CC1. The first-order valence-electron chi connectivity index (χ1n) is 10.8. The average Bonchev–Trinajstić information content (AvgIpc) is 2.84. The molecule has 1 heterocycles. The zero-order valence-corrected chi connectivity index (χ0v) is 19.0. The minimum Gasteiger partial charge on any atom is -0.336 e. The van der Waals surface area contributed by atoms with Crippen LogP contribution < -0.4 is 4.72 Å². The molecule has 172 valence electrons. The first kappa shape index (κ1) is 22.9. The van der Waals surface area contributed by atoms with Gasteiger partial charge in [0.25, 0.3) is 15.9 Å². The molecule has 3 aromatic carbocycles. The van der Waals surface area contributed by atoms with Gasteiger partial charge >= 0.3 is 0 Å². The van der Waals surface area contributed by atoms with Crippen LogP contribution in [-0.2, 0) is 16.4 Å². The molecular formula is C25H26FN3O3S. The van der Waals surface area contributed by atoms with Crippen molar-refractivity contribution < 1.29 is 17.6 Å². The van der Waals surface area contributed by atoms with E-state index in [0.29, 0.717) is 24.3 Å². The van der Waals surface area contributed by atoms with Crippen LogP contribution >= 0.6 is 0 Å². The molecule has 0 unspecified atom stereocenters. The molecule has 4 rings (SSSR count). The van der Waals surface area contributed by atoms with Gasteiger partial charge in [0, 0.05) is 44.0 Å². The molecule has 0 atom stereocenters. The molecule has 1 fully saturated rings. The number of rotatable bonds is 7. The molecule has 0 bridgehead atoms. The summed E-state index contributed by atoms with van der Waals surface area (Å²) in [6, 6.07) is 21.3. The van der Waals surface area contributed by atoms with E-state index in [9.17, 15) is 17.6 Å². The highest BCUT2D eigenvalue weighted by Crippen LogP contribution is 2.18. The third kappa shape index (κ3) is 5.97. The lowest BCUT2D eigenvalue weighted by Crippen LogP contribution is -2.49. The Labute approximate surface area is 193 Å². The molecule has 6 nitrogen and oxygen atoms in total. The maximum atomic E-state index is 13.1. The van der Waals surface area contributed by atoms with E-state index in [1.807, 2.05) is 23.1 Å². The van der Waals surface area contributed by atoms with E-state index in [2.05, 4.69) is 21.8 Å². The third-order valence-electron chi connectivity index (χ3n) is 5.73. The van der Waals surface area contributed by atoms with Gasteiger partial charge < -0.3 is 4.90 Å². The highest BCUT2D eigenvalue weighted by Gasteiger charge is 2.22. The summed E-state index contributed by atoms with van der Waals surface area (Å²) >= 11 is 0. The van der Waals surface area contributed by atoms with Gasteiger partial charge in [-0.15, -0.1) is 0 Å². The van der Waals surface area contributed by atoms with E-state index in [0.717, 1.165) is 38.2 Å². The van der Waals surface area contributed by atoms with Gasteiger partial charge in [0.2, 0.25) is 0 Å². The predicted molar refractivity (Wildman–Crippen MR) is 126 cm³/mol. The normalized spacial score (nSPS) is 14.8. The van der Waals surface area contributed by atoms with E-state index >= 15 is 0 Å². The smallest absolute Gasteiger partial charge is 0.261 e. The maximum absolute atomic E-state index is 13.1. The second-order valence-electron chi connectivity index (χ2n) is 8.01.